The first-order valence-corrected chi connectivity index (χ1v) is 11.4. The summed E-state index contributed by atoms with van der Waals surface area (Å²) in [4.78, 5) is 20.7. The summed E-state index contributed by atoms with van der Waals surface area (Å²) in [6.07, 6.45) is 0.292. The van der Waals surface area contributed by atoms with E-state index in [1.54, 1.807) is 0 Å². The van der Waals surface area contributed by atoms with Crippen molar-refractivity contribution in [3.8, 4) is 17.5 Å². The zero-order chi connectivity index (χ0) is 23.3. The molecule has 0 bridgehead atoms. The van der Waals surface area contributed by atoms with Crippen LogP contribution < -0.4 is 5.56 Å². The van der Waals surface area contributed by atoms with Crippen LogP contribution in [-0.2, 0) is 21.8 Å². The molecule has 1 saturated carbocycles. The number of nitriles is 1. The number of hydrogen-bond donors (Lipinski definition) is 0. The molecule has 3 heterocycles. The van der Waals surface area contributed by atoms with Crippen molar-refractivity contribution < 1.29 is 21.6 Å². The van der Waals surface area contributed by atoms with Crippen LogP contribution in [-0.4, -0.2) is 34.9 Å². The highest BCUT2D eigenvalue weighted by molar-refractivity contribution is 7.91. The molecule has 3 aromatic heterocycles. The van der Waals surface area contributed by atoms with Gasteiger partial charge in [0.2, 0.25) is 0 Å². The molecule has 32 heavy (non-hydrogen) atoms. The number of sulfone groups is 1. The smallest absolute Gasteiger partial charge is 0.306 e. The Labute approximate surface area is 181 Å². The van der Waals surface area contributed by atoms with Gasteiger partial charge in [0.25, 0.3) is 5.56 Å². The lowest BCUT2D eigenvalue weighted by Gasteiger charge is -2.13. The Morgan fingerprint density at radius 1 is 1.22 bits per heavy atom. The SMILES string of the molecule is CCS(=O)(=O)c1cc(C2(C#N)CC2)cnc1-c1cc2ccn(CC(F)(F)F)c(=O)c2cn1. The van der Waals surface area contributed by atoms with Crippen LogP contribution >= 0.6 is 0 Å². The van der Waals surface area contributed by atoms with Crippen molar-refractivity contribution in [1.82, 2.24) is 14.5 Å². The predicted octanol–water partition coefficient (Wildman–Crippen LogP) is 3.37. The molecule has 7 nitrogen and oxygen atoms in total. The number of hydrogen-bond acceptors (Lipinski definition) is 6. The molecule has 0 aromatic carbocycles. The summed E-state index contributed by atoms with van der Waals surface area (Å²) in [6, 6.07) is 6.42. The van der Waals surface area contributed by atoms with Gasteiger partial charge in [-0.3, -0.25) is 14.8 Å². The molecule has 1 aliphatic rings. The predicted molar refractivity (Wildman–Crippen MR) is 110 cm³/mol. The highest BCUT2D eigenvalue weighted by atomic mass is 32.2. The van der Waals surface area contributed by atoms with E-state index >= 15 is 0 Å². The molecule has 166 valence electrons. The summed E-state index contributed by atoms with van der Waals surface area (Å²) < 4.78 is 64.1. The average Bonchev–Trinajstić information content (AvgIpc) is 3.55. The first-order valence-electron chi connectivity index (χ1n) is 9.70. The van der Waals surface area contributed by atoms with Crippen molar-refractivity contribution in [2.75, 3.05) is 5.75 Å². The molecule has 0 unspecified atom stereocenters. The standard InChI is InChI=1S/C21H17F3N4O3S/c1-2-32(30,31)17-8-14(20(11-25)4-5-20)9-27-18(17)16-7-13-3-6-28(12-21(22,23)24)19(29)15(13)10-26-16/h3,6-10H,2,4-5,12H2,1H3. The minimum atomic E-state index is -4.55. The molecule has 0 saturated heterocycles. The molecule has 0 amide bonds. The summed E-state index contributed by atoms with van der Waals surface area (Å²) in [5, 5.41) is 9.72. The minimum absolute atomic E-state index is 0.0292. The van der Waals surface area contributed by atoms with Gasteiger partial charge >= 0.3 is 6.18 Å². The molecule has 11 heteroatoms. The van der Waals surface area contributed by atoms with Gasteiger partial charge in [-0.1, -0.05) is 6.92 Å². The highest BCUT2D eigenvalue weighted by Crippen LogP contribution is 2.48. The van der Waals surface area contributed by atoms with E-state index in [0.29, 0.717) is 28.4 Å². The van der Waals surface area contributed by atoms with Crippen LogP contribution in [0.4, 0.5) is 13.2 Å². The van der Waals surface area contributed by atoms with E-state index in [-0.39, 0.29) is 27.4 Å². The van der Waals surface area contributed by atoms with Gasteiger partial charge in [-0.25, -0.2) is 8.42 Å². The summed E-state index contributed by atoms with van der Waals surface area (Å²) >= 11 is 0. The quantitative estimate of drug-likeness (QED) is 0.576. The number of aromatic nitrogens is 3. The molecule has 0 N–H and O–H groups in total. The summed E-state index contributed by atoms with van der Waals surface area (Å²) in [7, 11) is -3.73. The summed E-state index contributed by atoms with van der Waals surface area (Å²) in [6.45, 7) is 0.0615. The Kier molecular flexibility index (Phi) is 5.08. The lowest BCUT2D eigenvalue weighted by Crippen LogP contribution is -2.27. The van der Waals surface area contributed by atoms with Crippen LogP contribution in [0.5, 0.6) is 0 Å². The highest BCUT2D eigenvalue weighted by Gasteiger charge is 2.46. The minimum Gasteiger partial charge on any atom is -0.306 e. The Morgan fingerprint density at radius 3 is 2.53 bits per heavy atom. The Hall–Kier alpha value is -3.26. The number of halogens is 3. The lowest BCUT2D eigenvalue weighted by atomic mass is 9.99. The molecule has 3 aromatic rings. The maximum absolute atomic E-state index is 12.8. The van der Waals surface area contributed by atoms with Crippen molar-refractivity contribution in [3.05, 3.63) is 52.7 Å². The van der Waals surface area contributed by atoms with Crippen LogP contribution in [0.2, 0.25) is 0 Å². The number of alkyl halides is 3. The fourth-order valence-corrected chi connectivity index (χ4v) is 4.58. The molecule has 4 rings (SSSR count). The molecule has 1 aliphatic carbocycles. The molecule has 0 aliphatic heterocycles. The largest absolute Gasteiger partial charge is 0.406 e. The van der Waals surface area contributed by atoms with Crippen LogP contribution in [0, 0.1) is 11.3 Å². The second-order valence-electron chi connectivity index (χ2n) is 7.69. The van der Waals surface area contributed by atoms with Gasteiger partial charge in [0, 0.05) is 18.6 Å². The van der Waals surface area contributed by atoms with Crippen molar-refractivity contribution in [2.24, 2.45) is 0 Å². The molecule has 0 spiro atoms. The van der Waals surface area contributed by atoms with E-state index in [1.165, 1.54) is 31.3 Å². The fraction of sp³-hybridized carbons (Fsp3) is 0.333. The van der Waals surface area contributed by atoms with Gasteiger partial charge in [-0.05, 0) is 42.0 Å². The second kappa shape index (κ2) is 7.41. The lowest BCUT2D eigenvalue weighted by molar-refractivity contribution is -0.141. The number of nitrogens with zero attached hydrogens (tertiary/aromatic N) is 4. The van der Waals surface area contributed by atoms with E-state index in [1.807, 2.05) is 0 Å². The third-order valence-corrected chi connectivity index (χ3v) is 7.28. The Balaban J connectivity index is 1.86. The maximum atomic E-state index is 12.8. The van der Waals surface area contributed by atoms with Crippen LogP contribution in [0.25, 0.3) is 22.2 Å². The van der Waals surface area contributed by atoms with Crippen molar-refractivity contribution in [3.63, 3.8) is 0 Å². The molecule has 1 fully saturated rings. The third-order valence-electron chi connectivity index (χ3n) is 5.54. The van der Waals surface area contributed by atoms with Gasteiger partial charge in [-0.15, -0.1) is 0 Å². The van der Waals surface area contributed by atoms with E-state index in [4.69, 9.17) is 0 Å². The monoisotopic (exact) mass is 462 g/mol. The molecular formula is C21H17F3N4O3S. The van der Waals surface area contributed by atoms with Gasteiger partial charge in [0.15, 0.2) is 9.84 Å². The van der Waals surface area contributed by atoms with Gasteiger partial charge in [0.1, 0.15) is 12.2 Å². The number of fused-ring (bicyclic) bond motifs is 1. The normalized spacial score (nSPS) is 15.5. The molecule has 0 atom stereocenters. The first kappa shape index (κ1) is 22.0. The summed E-state index contributed by atoms with van der Waals surface area (Å²) in [5.41, 5.74) is -0.847. The van der Waals surface area contributed by atoms with Crippen molar-refractivity contribution in [2.45, 2.75) is 42.8 Å². The third kappa shape index (κ3) is 3.86. The van der Waals surface area contributed by atoms with Gasteiger partial charge < -0.3 is 4.57 Å². The van der Waals surface area contributed by atoms with E-state index < -0.39 is 33.5 Å². The van der Waals surface area contributed by atoms with E-state index in [0.717, 1.165) is 12.4 Å². The zero-order valence-electron chi connectivity index (χ0n) is 16.8. The molecular weight excluding hydrogens is 445 g/mol. The van der Waals surface area contributed by atoms with E-state index in [9.17, 15) is 31.6 Å². The number of rotatable bonds is 5. The zero-order valence-corrected chi connectivity index (χ0v) is 17.7. The summed E-state index contributed by atoms with van der Waals surface area (Å²) in [5.74, 6) is -0.194. The van der Waals surface area contributed by atoms with Crippen LogP contribution in [0.15, 0.2) is 46.5 Å². The Bertz CT molecular complexity index is 1440. The second-order valence-corrected chi connectivity index (χ2v) is 9.94. The van der Waals surface area contributed by atoms with Crippen molar-refractivity contribution in [1.29, 1.82) is 5.26 Å². The van der Waals surface area contributed by atoms with Crippen LogP contribution in [0.1, 0.15) is 25.3 Å². The average molecular weight is 462 g/mol. The maximum Gasteiger partial charge on any atom is 0.406 e. The van der Waals surface area contributed by atoms with Gasteiger partial charge in [-0.2, -0.15) is 18.4 Å². The fourth-order valence-electron chi connectivity index (χ4n) is 3.51. The van der Waals surface area contributed by atoms with Crippen LogP contribution in [0.3, 0.4) is 0 Å². The topological polar surface area (TPSA) is 106 Å². The number of pyridine rings is 3. The first-order chi connectivity index (χ1) is 15.0. The molecule has 0 radical (unpaired) electrons. The van der Waals surface area contributed by atoms with E-state index in [2.05, 4.69) is 16.0 Å². The van der Waals surface area contributed by atoms with Gasteiger partial charge in [0.05, 0.1) is 33.2 Å². The Morgan fingerprint density at radius 2 is 1.94 bits per heavy atom. The van der Waals surface area contributed by atoms with Crippen molar-refractivity contribution >= 4 is 20.6 Å².